The topological polar surface area (TPSA) is 52.5 Å². The molecule has 0 radical (unpaired) electrons. The lowest BCUT2D eigenvalue weighted by molar-refractivity contribution is 0.0849. The Morgan fingerprint density at radius 1 is 1.50 bits per heavy atom. The van der Waals surface area contributed by atoms with Crippen molar-refractivity contribution in [3.05, 3.63) is 0 Å². The highest BCUT2D eigenvalue weighted by atomic mass is 16.5. The maximum atomic E-state index is 8.57. The standard InChI is InChI=1S/C5H13NO2/c1-5(2,4-7)3-6-8/h6-8H,3-4H2,1-2H3. The van der Waals surface area contributed by atoms with E-state index in [-0.39, 0.29) is 12.0 Å². The lowest BCUT2D eigenvalue weighted by Crippen LogP contribution is -2.30. The summed E-state index contributed by atoms with van der Waals surface area (Å²) in [6.07, 6.45) is 0. The van der Waals surface area contributed by atoms with Gasteiger partial charge >= 0.3 is 0 Å². The second kappa shape index (κ2) is 3.02. The van der Waals surface area contributed by atoms with Gasteiger partial charge < -0.3 is 10.3 Å². The Labute approximate surface area is 49.3 Å². The quantitative estimate of drug-likeness (QED) is 0.458. The van der Waals surface area contributed by atoms with Crippen LogP contribution < -0.4 is 5.48 Å². The molecule has 0 saturated heterocycles. The molecule has 0 unspecified atom stereocenters. The second-order valence-corrected chi connectivity index (χ2v) is 2.66. The van der Waals surface area contributed by atoms with Gasteiger partial charge in [-0.1, -0.05) is 13.8 Å². The molecule has 0 aromatic carbocycles. The van der Waals surface area contributed by atoms with Gasteiger partial charge in [0, 0.05) is 18.6 Å². The van der Waals surface area contributed by atoms with Crippen LogP contribution in [0.2, 0.25) is 0 Å². The first-order valence-corrected chi connectivity index (χ1v) is 2.60. The zero-order valence-electron chi connectivity index (χ0n) is 5.31. The molecule has 3 nitrogen and oxygen atoms in total. The summed E-state index contributed by atoms with van der Waals surface area (Å²) in [6.45, 7) is 4.22. The molecule has 0 rings (SSSR count). The van der Waals surface area contributed by atoms with Crippen molar-refractivity contribution in [1.29, 1.82) is 0 Å². The molecule has 0 aromatic rings. The molecule has 0 fully saturated rings. The Hall–Kier alpha value is -0.120. The fourth-order valence-corrected chi connectivity index (χ4v) is 0.270. The van der Waals surface area contributed by atoms with Crippen LogP contribution in [0.1, 0.15) is 13.8 Å². The zero-order valence-corrected chi connectivity index (χ0v) is 5.31. The molecule has 50 valence electrons. The van der Waals surface area contributed by atoms with Crippen LogP contribution in [0.5, 0.6) is 0 Å². The van der Waals surface area contributed by atoms with E-state index < -0.39 is 0 Å². The third-order valence-corrected chi connectivity index (χ3v) is 0.986. The normalized spacial score (nSPS) is 12.0. The highest BCUT2D eigenvalue weighted by Crippen LogP contribution is 2.10. The molecule has 0 bridgehead atoms. The Kier molecular flexibility index (Phi) is 2.97. The number of hydrogen-bond acceptors (Lipinski definition) is 3. The van der Waals surface area contributed by atoms with E-state index in [1.807, 2.05) is 19.3 Å². The molecule has 0 aliphatic rings. The summed E-state index contributed by atoms with van der Waals surface area (Å²) < 4.78 is 0. The van der Waals surface area contributed by atoms with Gasteiger partial charge in [0.05, 0.1) is 0 Å². The average Bonchev–Trinajstić information content (AvgIpc) is 1.67. The van der Waals surface area contributed by atoms with E-state index in [0.717, 1.165) is 0 Å². The number of hydrogen-bond donors (Lipinski definition) is 3. The first-order valence-electron chi connectivity index (χ1n) is 2.60. The van der Waals surface area contributed by atoms with Crippen molar-refractivity contribution in [3.63, 3.8) is 0 Å². The van der Waals surface area contributed by atoms with Crippen LogP contribution in [0.3, 0.4) is 0 Å². The van der Waals surface area contributed by atoms with Crippen LogP contribution in [0.4, 0.5) is 0 Å². The van der Waals surface area contributed by atoms with Crippen molar-refractivity contribution in [2.45, 2.75) is 13.8 Å². The number of hydroxylamine groups is 1. The van der Waals surface area contributed by atoms with Crippen LogP contribution in [0, 0.1) is 5.41 Å². The van der Waals surface area contributed by atoms with E-state index in [2.05, 4.69) is 0 Å². The number of aliphatic hydroxyl groups is 1. The number of nitrogens with one attached hydrogen (secondary N) is 1. The Morgan fingerprint density at radius 3 is 2.12 bits per heavy atom. The number of aliphatic hydroxyl groups excluding tert-OH is 1. The Balaban J connectivity index is 3.37. The maximum absolute atomic E-state index is 8.57. The van der Waals surface area contributed by atoms with Gasteiger partial charge in [0.1, 0.15) is 0 Å². The first-order chi connectivity index (χ1) is 3.62. The zero-order chi connectivity index (χ0) is 6.62. The van der Waals surface area contributed by atoms with Crippen molar-refractivity contribution in [2.24, 2.45) is 5.41 Å². The Morgan fingerprint density at radius 2 is 2.00 bits per heavy atom. The summed E-state index contributed by atoms with van der Waals surface area (Å²) in [5.41, 5.74) is 1.79. The molecule has 0 heterocycles. The number of rotatable bonds is 3. The van der Waals surface area contributed by atoms with Gasteiger partial charge in [-0.15, -0.1) is 0 Å². The molecule has 0 aliphatic carbocycles. The molecule has 8 heavy (non-hydrogen) atoms. The van der Waals surface area contributed by atoms with Crippen LogP contribution in [-0.4, -0.2) is 23.5 Å². The molecule has 0 aromatic heterocycles. The second-order valence-electron chi connectivity index (χ2n) is 2.66. The fourth-order valence-electron chi connectivity index (χ4n) is 0.270. The van der Waals surface area contributed by atoms with Crippen LogP contribution in [0.15, 0.2) is 0 Å². The minimum absolute atomic E-state index is 0.0839. The van der Waals surface area contributed by atoms with Gasteiger partial charge in [0.25, 0.3) is 0 Å². The predicted octanol–water partition coefficient (Wildman–Crippen LogP) is -0.0163. The lowest BCUT2D eigenvalue weighted by atomic mass is 9.96. The first kappa shape index (κ1) is 7.88. The smallest absolute Gasteiger partial charge is 0.0495 e. The highest BCUT2D eigenvalue weighted by Gasteiger charge is 2.14. The van der Waals surface area contributed by atoms with Gasteiger partial charge in [0.2, 0.25) is 0 Å². The summed E-state index contributed by atoms with van der Waals surface area (Å²) in [6, 6.07) is 0. The molecule has 3 heteroatoms. The van der Waals surface area contributed by atoms with Gasteiger partial charge in [-0.05, 0) is 0 Å². The van der Waals surface area contributed by atoms with Crippen molar-refractivity contribution < 1.29 is 10.3 Å². The average molecular weight is 119 g/mol. The SMILES string of the molecule is CC(C)(CO)CNO. The molecule has 0 amide bonds. The summed E-state index contributed by atoms with van der Waals surface area (Å²) in [4.78, 5) is 0. The molecule has 0 spiro atoms. The predicted molar refractivity (Wildman–Crippen MR) is 30.7 cm³/mol. The molecular formula is C5H13NO2. The van der Waals surface area contributed by atoms with Crippen molar-refractivity contribution in [1.82, 2.24) is 5.48 Å². The summed E-state index contributed by atoms with van der Waals surface area (Å²) in [5.74, 6) is 0. The molecule has 0 atom stereocenters. The van der Waals surface area contributed by atoms with E-state index >= 15 is 0 Å². The van der Waals surface area contributed by atoms with Crippen LogP contribution in [-0.2, 0) is 0 Å². The summed E-state index contributed by atoms with van der Waals surface area (Å²) in [7, 11) is 0. The maximum Gasteiger partial charge on any atom is 0.0495 e. The monoisotopic (exact) mass is 119 g/mol. The molecular weight excluding hydrogens is 106 g/mol. The molecule has 0 aliphatic heterocycles. The van der Waals surface area contributed by atoms with E-state index in [4.69, 9.17) is 10.3 Å². The highest BCUT2D eigenvalue weighted by molar-refractivity contribution is 4.66. The van der Waals surface area contributed by atoms with Gasteiger partial charge in [-0.25, -0.2) is 5.48 Å². The van der Waals surface area contributed by atoms with E-state index in [1.54, 1.807) is 0 Å². The molecule has 0 saturated carbocycles. The minimum atomic E-state index is -0.214. The van der Waals surface area contributed by atoms with E-state index in [1.165, 1.54) is 0 Å². The third kappa shape index (κ3) is 2.96. The van der Waals surface area contributed by atoms with Gasteiger partial charge in [-0.2, -0.15) is 0 Å². The van der Waals surface area contributed by atoms with Crippen LogP contribution >= 0.6 is 0 Å². The van der Waals surface area contributed by atoms with E-state index in [0.29, 0.717) is 6.54 Å². The fraction of sp³-hybridized carbons (Fsp3) is 1.00. The van der Waals surface area contributed by atoms with Gasteiger partial charge in [0.15, 0.2) is 0 Å². The van der Waals surface area contributed by atoms with Crippen molar-refractivity contribution in [3.8, 4) is 0 Å². The van der Waals surface area contributed by atoms with Crippen molar-refractivity contribution >= 4 is 0 Å². The summed E-state index contributed by atoms with van der Waals surface area (Å²) in [5, 5.41) is 16.7. The van der Waals surface area contributed by atoms with Gasteiger partial charge in [-0.3, -0.25) is 0 Å². The third-order valence-electron chi connectivity index (χ3n) is 0.986. The lowest BCUT2D eigenvalue weighted by Gasteiger charge is -2.19. The summed E-state index contributed by atoms with van der Waals surface area (Å²) >= 11 is 0. The van der Waals surface area contributed by atoms with E-state index in [9.17, 15) is 0 Å². The largest absolute Gasteiger partial charge is 0.396 e. The minimum Gasteiger partial charge on any atom is -0.396 e. The Bertz CT molecular complexity index is 63.4. The van der Waals surface area contributed by atoms with Crippen molar-refractivity contribution in [2.75, 3.05) is 13.2 Å². The van der Waals surface area contributed by atoms with Crippen LogP contribution in [0.25, 0.3) is 0 Å². The molecule has 3 N–H and O–H groups in total.